The Labute approximate surface area is 150 Å². The summed E-state index contributed by atoms with van der Waals surface area (Å²) >= 11 is 1.52. The number of nitrogens with one attached hydrogen (secondary N) is 1. The van der Waals surface area contributed by atoms with Crippen molar-refractivity contribution in [3.05, 3.63) is 60.4 Å². The molecular formula is C17H16N2O4S2. The molecule has 0 bridgehead atoms. The van der Waals surface area contributed by atoms with Crippen molar-refractivity contribution in [1.82, 2.24) is 5.16 Å². The number of hydrogen-bond donors (Lipinski definition) is 1. The molecule has 0 unspecified atom stereocenters. The fraction of sp³-hybridized carbons (Fsp3) is 0.118. The number of ether oxygens (including phenoxy) is 1. The second-order valence-corrected chi connectivity index (χ2v) is 8.01. The van der Waals surface area contributed by atoms with Crippen LogP contribution in [0.4, 0.5) is 5.82 Å². The maximum absolute atomic E-state index is 12.3. The average Bonchev–Trinajstić information content (AvgIpc) is 2.99. The van der Waals surface area contributed by atoms with Crippen LogP contribution >= 0.6 is 11.8 Å². The first-order valence-electron chi connectivity index (χ1n) is 7.34. The first kappa shape index (κ1) is 17.4. The Morgan fingerprint density at radius 1 is 1.08 bits per heavy atom. The largest absolute Gasteiger partial charge is 0.497 e. The molecule has 0 aliphatic heterocycles. The summed E-state index contributed by atoms with van der Waals surface area (Å²) in [7, 11) is -2.08. The Kier molecular flexibility index (Phi) is 5.00. The summed E-state index contributed by atoms with van der Waals surface area (Å²) in [5.74, 6) is 1.46. The molecule has 1 N–H and O–H groups in total. The molecule has 3 aromatic rings. The second kappa shape index (κ2) is 7.20. The SMILES string of the molecule is COc1cccc(Sc2ccc(S(=O)(=O)Nc3cc(C)on3)cc2)c1. The van der Waals surface area contributed by atoms with Crippen LogP contribution in [0.25, 0.3) is 0 Å². The number of hydrogen-bond acceptors (Lipinski definition) is 6. The van der Waals surface area contributed by atoms with Crippen LogP contribution in [0.5, 0.6) is 5.75 Å². The molecule has 0 saturated heterocycles. The molecule has 0 fully saturated rings. The number of nitrogens with zero attached hydrogens (tertiary/aromatic N) is 1. The van der Waals surface area contributed by atoms with Gasteiger partial charge in [-0.25, -0.2) is 8.42 Å². The number of rotatable bonds is 6. The van der Waals surface area contributed by atoms with E-state index >= 15 is 0 Å². The summed E-state index contributed by atoms with van der Waals surface area (Å²) in [5, 5.41) is 3.63. The Bertz CT molecular complexity index is 966. The van der Waals surface area contributed by atoms with Crippen LogP contribution in [-0.4, -0.2) is 20.7 Å². The Hall–Kier alpha value is -2.45. The highest BCUT2D eigenvalue weighted by molar-refractivity contribution is 7.99. The number of aromatic nitrogens is 1. The third-order valence-corrected chi connectivity index (χ3v) is 5.65. The van der Waals surface area contributed by atoms with E-state index in [1.807, 2.05) is 24.3 Å². The smallest absolute Gasteiger partial charge is 0.263 e. The van der Waals surface area contributed by atoms with Crippen LogP contribution < -0.4 is 9.46 Å². The predicted octanol–water partition coefficient (Wildman–Crippen LogP) is 3.94. The number of methoxy groups -OCH3 is 1. The Balaban J connectivity index is 1.74. The summed E-state index contributed by atoms with van der Waals surface area (Å²) < 4.78 is 37.1. The van der Waals surface area contributed by atoms with E-state index in [1.54, 1.807) is 38.3 Å². The molecule has 6 nitrogen and oxygen atoms in total. The summed E-state index contributed by atoms with van der Waals surface area (Å²) in [5.41, 5.74) is 0. The van der Waals surface area contributed by atoms with Crippen molar-refractivity contribution in [3.8, 4) is 5.75 Å². The van der Waals surface area contributed by atoms with E-state index in [4.69, 9.17) is 9.26 Å². The predicted molar refractivity (Wildman–Crippen MR) is 95.6 cm³/mol. The molecule has 0 saturated carbocycles. The first-order valence-corrected chi connectivity index (χ1v) is 9.64. The highest BCUT2D eigenvalue weighted by atomic mass is 32.2. The zero-order chi connectivity index (χ0) is 17.9. The molecule has 130 valence electrons. The van der Waals surface area contributed by atoms with Crippen LogP contribution in [-0.2, 0) is 10.0 Å². The summed E-state index contributed by atoms with van der Waals surface area (Å²) in [6.07, 6.45) is 0. The lowest BCUT2D eigenvalue weighted by Gasteiger charge is -2.07. The maximum Gasteiger partial charge on any atom is 0.263 e. The van der Waals surface area contributed by atoms with Gasteiger partial charge in [0.05, 0.1) is 12.0 Å². The van der Waals surface area contributed by atoms with Crippen LogP contribution in [0.15, 0.2) is 73.8 Å². The molecular weight excluding hydrogens is 360 g/mol. The van der Waals surface area contributed by atoms with Crippen molar-refractivity contribution >= 4 is 27.6 Å². The molecule has 0 atom stereocenters. The molecule has 0 aliphatic carbocycles. The van der Waals surface area contributed by atoms with Gasteiger partial charge in [0.15, 0.2) is 5.82 Å². The van der Waals surface area contributed by atoms with Gasteiger partial charge < -0.3 is 9.26 Å². The Morgan fingerprint density at radius 2 is 1.84 bits per heavy atom. The lowest BCUT2D eigenvalue weighted by atomic mass is 10.3. The number of anilines is 1. The molecule has 0 aliphatic rings. The quantitative estimate of drug-likeness (QED) is 0.702. The fourth-order valence-corrected chi connectivity index (χ4v) is 3.95. The van der Waals surface area contributed by atoms with Crippen LogP contribution in [0.3, 0.4) is 0 Å². The summed E-state index contributed by atoms with van der Waals surface area (Å²) in [4.78, 5) is 2.08. The molecule has 1 aromatic heterocycles. The van der Waals surface area contributed by atoms with E-state index < -0.39 is 10.0 Å². The normalized spacial score (nSPS) is 11.3. The van der Waals surface area contributed by atoms with Gasteiger partial charge in [-0.2, -0.15) is 0 Å². The van der Waals surface area contributed by atoms with Gasteiger partial charge in [0.2, 0.25) is 0 Å². The van der Waals surface area contributed by atoms with E-state index in [9.17, 15) is 8.42 Å². The molecule has 1 heterocycles. The first-order chi connectivity index (χ1) is 12.0. The van der Waals surface area contributed by atoms with E-state index in [0.29, 0.717) is 5.76 Å². The third-order valence-electron chi connectivity index (χ3n) is 3.28. The number of aryl methyl sites for hydroxylation is 1. The molecule has 2 aromatic carbocycles. The van der Waals surface area contributed by atoms with E-state index in [-0.39, 0.29) is 10.7 Å². The standard InChI is InChI=1S/C17H16N2O4S2/c1-12-10-17(18-23-12)19-25(20,21)16-8-6-14(7-9-16)24-15-5-3-4-13(11-15)22-2/h3-11H,1-2H3,(H,18,19). The van der Waals surface area contributed by atoms with Crippen LogP contribution in [0, 0.1) is 6.92 Å². The van der Waals surface area contributed by atoms with Crippen molar-refractivity contribution in [2.45, 2.75) is 21.6 Å². The highest BCUT2D eigenvalue weighted by Gasteiger charge is 2.16. The van der Waals surface area contributed by atoms with E-state index in [0.717, 1.165) is 15.5 Å². The van der Waals surface area contributed by atoms with Gasteiger partial charge in [0, 0.05) is 15.9 Å². The average molecular weight is 376 g/mol. The van der Waals surface area contributed by atoms with Crippen molar-refractivity contribution < 1.29 is 17.7 Å². The Morgan fingerprint density at radius 3 is 2.48 bits per heavy atom. The van der Waals surface area contributed by atoms with Gasteiger partial charge in [0.1, 0.15) is 11.5 Å². The van der Waals surface area contributed by atoms with Gasteiger partial charge in [-0.3, -0.25) is 4.72 Å². The minimum Gasteiger partial charge on any atom is -0.497 e. The molecule has 3 rings (SSSR count). The van der Waals surface area contributed by atoms with Gasteiger partial charge in [0.25, 0.3) is 10.0 Å². The van der Waals surface area contributed by atoms with Crippen molar-refractivity contribution in [2.75, 3.05) is 11.8 Å². The number of benzene rings is 2. The van der Waals surface area contributed by atoms with Gasteiger partial charge in [-0.05, 0) is 49.4 Å². The molecule has 0 radical (unpaired) electrons. The topological polar surface area (TPSA) is 81.4 Å². The summed E-state index contributed by atoms with van der Waals surface area (Å²) in [6, 6.07) is 15.8. The van der Waals surface area contributed by atoms with Crippen LogP contribution in [0.1, 0.15) is 5.76 Å². The highest BCUT2D eigenvalue weighted by Crippen LogP contribution is 2.30. The van der Waals surface area contributed by atoms with Crippen molar-refractivity contribution in [1.29, 1.82) is 0 Å². The molecule has 25 heavy (non-hydrogen) atoms. The third kappa shape index (κ3) is 4.34. The second-order valence-electron chi connectivity index (χ2n) is 5.18. The molecule has 0 amide bonds. The lowest BCUT2D eigenvalue weighted by molar-refractivity contribution is 0.400. The zero-order valence-corrected chi connectivity index (χ0v) is 15.2. The maximum atomic E-state index is 12.3. The minimum absolute atomic E-state index is 0.156. The lowest BCUT2D eigenvalue weighted by Crippen LogP contribution is -2.12. The van der Waals surface area contributed by atoms with Crippen molar-refractivity contribution in [2.24, 2.45) is 0 Å². The summed E-state index contributed by atoms with van der Waals surface area (Å²) in [6.45, 7) is 1.69. The monoisotopic (exact) mass is 376 g/mol. The number of sulfonamides is 1. The zero-order valence-electron chi connectivity index (χ0n) is 13.6. The van der Waals surface area contributed by atoms with Crippen molar-refractivity contribution in [3.63, 3.8) is 0 Å². The van der Waals surface area contributed by atoms with Gasteiger partial charge in [-0.15, -0.1) is 0 Å². The van der Waals surface area contributed by atoms with Crippen LogP contribution in [0.2, 0.25) is 0 Å². The van der Waals surface area contributed by atoms with Gasteiger partial charge in [-0.1, -0.05) is 23.0 Å². The fourth-order valence-electron chi connectivity index (χ4n) is 2.10. The van der Waals surface area contributed by atoms with E-state index in [1.165, 1.54) is 17.8 Å². The van der Waals surface area contributed by atoms with E-state index in [2.05, 4.69) is 9.88 Å². The molecule has 0 spiro atoms. The van der Waals surface area contributed by atoms with Gasteiger partial charge >= 0.3 is 0 Å². The molecule has 8 heteroatoms. The minimum atomic E-state index is -3.70.